The van der Waals surface area contributed by atoms with Gasteiger partial charge in [-0.3, -0.25) is 10.1 Å². The average molecular weight is 485 g/mol. The van der Waals surface area contributed by atoms with Crippen LogP contribution >= 0.6 is 0 Å². The van der Waals surface area contributed by atoms with E-state index in [-0.39, 0.29) is 22.7 Å². The van der Waals surface area contributed by atoms with Gasteiger partial charge in [0.2, 0.25) is 10.0 Å². The normalized spacial score (nSPS) is 10.9. The van der Waals surface area contributed by atoms with Gasteiger partial charge in [0.25, 0.3) is 5.91 Å². The van der Waals surface area contributed by atoms with E-state index in [0.29, 0.717) is 0 Å². The van der Waals surface area contributed by atoms with Crippen LogP contribution in [0.25, 0.3) is 0 Å². The molecule has 3 rings (SSSR count). The van der Waals surface area contributed by atoms with Gasteiger partial charge >= 0.3 is 12.0 Å². The van der Waals surface area contributed by atoms with Crippen LogP contribution < -0.4 is 15.4 Å². The molecule has 0 unspecified atom stereocenters. The van der Waals surface area contributed by atoms with Crippen molar-refractivity contribution in [2.24, 2.45) is 0 Å². The van der Waals surface area contributed by atoms with Crippen molar-refractivity contribution in [3.63, 3.8) is 0 Å². The first kappa shape index (κ1) is 24.6. The Balaban J connectivity index is 1.53. The Bertz CT molecular complexity index is 1300. The molecular weight excluding hydrogens is 465 g/mol. The van der Waals surface area contributed by atoms with Gasteiger partial charge in [-0.2, -0.15) is 0 Å². The van der Waals surface area contributed by atoms with Crippen molar-refractivity contribution in [3.8, 4) is 0 Å². The van der Waals surface area contributed by atoms with E-state index in [0.717, 1.165) is 17.7 Å². The lowest BCUT2D eigenvalue weighted by molar-refractivity contribution is -0.123. The van der Waals surface area contributed by atoms with Gasteiger partial charge in [-0.1, -0.05) is 48.5 Å². The molecule has 34 heavy (non-hydrogen) atoms. The van der Waals surface area contributed by atoms with Crippen LogP contribution in [-0.2, 0) is 26.1 Å². The molecule has 0 saturated heterocycles. The van der Waals surface area contributed by atoms with Crippen molar-refractivity contribution in [2.45, 2.75) is 11.4 Å². The summed E-state index contributed by atoms with van der Waals surface area (Å²) in [7, 11) is -3.92. The molecule has 0 heterocycles. The quantitative estimate of drug-likeness (QED) is 0.421. The number of carbonyl (C=O) groups excluding carboxylic acids is 3. The molecule has 0 atom stereocenters. The molecule has 0 radical (unpaired) electrons. The minimum Gasteiger partial charge on any atom is -0.452 e. The van der Waals surface area contributed by atoms with E-state index in [9.17, 15) is 27.2 Å². The number of urea groups is 1. The summed E-state index contributed by atoms with van der Waals surface area (Å²) in [5, 5.41) is 4.04. The van der Waals surface area contributed by atoms with E-state index in [1.165, 1.54) is 36.4 Å². The molecular formula is C23H20FN3O6S. The maximum Gasteiger partial charge on any atom is 0.338 e. The van der Waals surface area contributed by atoms with Crippen LogP contribution in [0.5, 0.6) is 0 Å². The van der Waals surface area contributed by atoms with Gasteiger partial charge in [0.1, 0.15) is 5.82 Å². The van der Waals surface area contributed by atoms with Crippen molar-refractivity contribution in [3.05, 3.63) is 95.8 Å². The summed E-state index contributed by atoms with van der Waals surface area (Å²) < 4.78 is 45.9. The van der Waals surface area contributed by atoms with E-state index >= 15 is 0 Å². The molecule has 0 aliphatic rings. The highest BCUT2D eigenvalue weighted by Gasteiger charge is 2.18. The first-order valence-electron chi connectivity index (χ1n) is 9.91. The zero-order valence-electron chi connectivity index (χ0n) is 17.7. The Morgan fingerprint density at radius 1 is 0.882 bits per heavy atom. The molecule has 3 N–H and O–H groups in total. The highest BCUT2D eigenvalue weighted by atomic mass is 32.2. The molecule has 0 aromatic heterocycles. The largest absolute Gasteiger partial charge is 0.452 e. The van der Waals surface area contributed by atoms with Gasteiger partial charge in [-0.15, -0.1) is 0 Å². The summed E-state index contributed by atoms with van der Waals surface area (Å²) in [6.45, 7) is -0.750. The number of carbonyl (C=O) groups is 3. The molecule has 0 bridgehead atoms. The summed E-state index contributed by atoms with van der Waals surface area (Å²) in [6, 6.07) is 18.3. The predicted octanol–water partition coefficient (Wildman–Crippen LogP) is 2.81. The topological polar surface area (TPSA) is 131 Å². The average Bonchev–Trinajstić information content (AvgIpc) is 2.83. The molecule has 0 spiro atoms. The summed E-state index contributed by atoms with van der Waals surface area (Å²) in [4.78, 5) is 35.7. The lowest BCUT2D eigenvalue weighted by atomic mass is 10.2. The number of rotatable bonds is 8. The summed E-state index contributed by atoms with van der Waals surface area (Å²) >= 11 is 0. The van der Waals surface area contributed by atoms with Gasteiger partial charge in [-0.05, 0) is 35.9 Å². The number of imide groups is 1. The number of sulfonamides is 1. The van der Waals surface area contributed by atoms with E-state index in [1.54, 1.807) is 24.3 Å². The maximum atomic E-state index is 13.5. The molecule has 176 valence electrons. The molecule has 0 aliphatic heterocycles. The fourth-order valence-corrected chi connectivity index (χ4v) is 3.80. The van der Waals surface area contributed by atoms with E-state index in [4.69, 9.17) is 4.74 Å². The van der Waals surface area contributed by atoms with E-state index < -0.39 is 40.4 Å². The second-order valence-corrected chi connectivity index (χ2v) is 8.66. The van der Waals surface area contributed by atoms with E-state index in [2.05, 4.69) is 10.0 Å². The summed E-state index contributed by atoms with van der Waals surface area (Å²) in [6.07, 6.45) is 0. The molecule has 3 aromatic carbocycles. The minimum absolute atomic E-state index is 0.0625. The first-order chi connectivity index (χ1) is 16.2. The predicted molar refractivity (Wildman–Crippen MR) is 121 cm³/mol. The molecule has 3 amide bonds. The third kappa shape index (κ3) is 6.95. The van der Waals surface area contributed by atoms with Crippen molar-refractivity contribution in [1.29, 1.82) is 0 Å². The number of halogens is 1. The maximum absolute atomic E-state index is 13.5. The zero-order chi connectivity index (χ0) is 24.6. The summed E-state index contributed by atoms with van der Waals surface area (Å²) in [5.74, 6) is -2.62. The highest BCUT2D eigenvalue weighted by molar-refractivity contribution is 7.89. The lowest BCUT2D eigenvalue weighted by Gasteiger charge is -2.09. The van der Waals surface area contributed by atoms with Crippen molar-refractivity contribution < 1.29 is 31.9 Å². The number of nitrogens with one attached hydrogen (secondary N) is 3. The second-order valence-electron chi connectivity index (χ2n) is 6.90. The van der Waals surface area contributed by atoms with Gasteiger partial charge in [0.15, 0.2) is 6.61 Å². The van der Waals surface area contributed by atoms with Gasteiger partial charge in [0.05, 0.1) is 16.1 Å². The third-order valence-corrected chi connectivity index (χ3v) is 5.80. The smallest absolute Gasteiger partial charge is 0.338 e. The first-order valence-corrected chi connectivity index (χ1v) is 11.4. The Labute approximate surface area is 195 Å². The Morgan fingerprint density at radius 2 is 1.59 bits per heavy atom. The number of hydrogen-bond acceptors (Lipinski definition) is 6. The molecule has 9 nitrogen and oxygen atoms in total. The number of para-hydroxylation sites is 1. The van der Waals surface area contributed by atoms with Gasteiger partial charge < -0.3 is 10.1 Å². The molecule has 0 aliphatic carbocycles. The molecule has 11 heteroatoms. The number of hydrogen-bond donors (Lipinski definition) is 3. The van der Waals surface area contributed by atoms with Crippen molar-refractivity contribution in [1.82, 2.24) is 10.0 Å². The van der Waals surface area contributed by atoms with Crippen LogP contribution in [0.4, 0.5) is 14.9 Å². The van der Waals surface area contributed by atoms with Crippen LogP contribution in [0.2, 0.25) is 0 Å². The van der Waals surface area contributed by atoms with Gasteiger partial charge in [-0.25, -0.2) is 27.1 Å². The highest BCUT2D eigenvalue weighted by Crippen LogP contribution is 2.14. The van der Waals surface area contributed by atoms with Crippen LogP contribution in [0.15, 0.2) is 83.8 Å². The standard InChI is InChI=1S/C23H20FN3O6S/c24-19-11-4-5-12-20(19)26-23(30)27-21(28)15-33-22(29)17-9-6-10-18(13-17)34(31,32)25-14-16-7-2-1-3-8-16/h1-13,25H,14-15H2,(H2,26,27,28,30). The number of benzene rings is 3. The number of amides is 3. The fourth-order valence-electron chi connectivity index (χ4n) is 2.74. The Morgan fingerprint density at radius 3 is 2.32 bits per heavy atom. The SMILES string of the molecule is O=C(COC(=O)c1cccc(S(=O)(=O)NCc2ccccc2)c1)NC(=O)Nc1ccccc1F. The molecule has 0 saturated carbocycles. The lowest BCUT2D eigenvalue weighted by Crippen LogP contribution is -2.37. The molecule has 0 fully saturated rings. The van der Waals surface area contributed by atoms with Crippen molar-refractivity contribution in [2.75, 3.05) is 11.9 Å². The monoisotopic (exact) mass is 485 g/mol. The minimum atomic E-state index is -3.92. The Kier molecular flexibility index (Phi) is 8.06. The molecule has 3 aromatic rings. The van der Waals surface area contributed by atoms with Gasteiger partial charge in [0, 0.05) is 6.54 Å². The fraction of sp³-hybridized carbons (Fsp3) is 0.0870. The number of esters is 1. The Hall–Kier alpha value is -4.09. The summed E-state index contributed by atoms with van der Waals surface area (Å²) in [5.41, 5.74) is 0.515. The third-order valence-electron chi connectivity index (χ3n) is 4.40. The van der Waals surface area contributed by atoms with Crippen LogP contribution in [0, 0.1) is 5.82 Å². The second kappa shape index (κ2) is 11.2. The van der Waals surface area contributed by atoms with Crippen LogP contribution in [-0.4, -0.2) is 32.9 Å². The zero-order valence-corrected chi connectivity index (χ0v) is 18.5. The van der Waals surface area contributed by atoms with E-state index in [1.807, 2.05) is 11.4 Å². The number of ether oxygens (including phenoxy) is 1. The van der Waals surface area contributed by atoms with Crippen LogP contribution in [0.3, 0.4) is 0 Å². The van der Waals surface area contributed by atoms with Crippen LogP contribution in [0.1, 0.15) is 15.9 Å². The number of anilines is 1. The van der Waals surface area contributed by atoms with Crippen molar-refractivity contribution >= 4 is 33.6 Å².